The fraction of sp³-hybridized carbons (Fsp3) is 0.273. The van der Waals surface area contributed by atoms with Gasteiger partial charge in [0.05, 0.1) is 0 Å². The number of aryl methyl sites for hydroxylation is 1. The van der Waals surface area contributed by atoms with Crippen LogP contribution in [0.2, 0.25) is 0 Å². The van der Waals surface area contributed by atoms with E-state index in [1.807, 2.05) is 35.2 Å². The van der Waals surface area contributed by atoms with E-state index in [1.165, 1.54) is 12.1 Å². The molecular formula is C22H22FN3O2. The van der Waals surface area contributed by atoms with Crippen molar-refractivity contribution in [2.45, 2.75) is 12.8 Å². The minimum atomic E-state index is -0.235. The summed E-state index contributed by atoms with van der Waals surface area (Å²) in [5.41, 5.74) is 3.73. The number of halogens is 1. The number of anilines is 1. The van der Waals surface area contributed by atoms with E-state index in [1.54, 1.807) is 18.4 Å². The number of aromatic nitrogens is 1. The number of hydrogen-bond donors (Lipinski definition) is 0. The molecule has 3 aromatic rings. The molecule has 0 bridgehead atoms. The lowest BCUT2D eigenvalue weighted by Gasteiger charge is -2.36. The maximum Gasteiger partial charge on any atom is 0.223 e. The molecule has 2 heterocycles. The van der Waals surface area contributed by atoms with Gasteiger partial charge in [0.1, 0.15) is 17.8 Å². The highest BCUT2D eigenvalue weighted by Gasteiger charge is 2.22. The third-order valence-corrected chi connectivity index (χ3v) is 5.12. The topological polar surface area (TPSA) is 49.6 Å². The van der Waals surface area contributed by atoms with Crippen LogP contribution in [0.5, 0.6) is 0 Å². The molecule has 1 aliphatic rings. The molecule has 1 aliphatic heterocycles. The maximum absolute atomic E-state index is 13.1. The van der Waals surface area contributed by atoms with Gasteiger partial charge in [0.2, 0.25) is 5.91 Å². The lowest BCUT2D eigenvalue weighted by molar-refractivity contribution is -0.131. The van der Waals surface area contributed by atoms with Crippen LogP contribution in [0.25, 0.3) is 11.3 Å². The molecule has 0 radical (unpaired) electrons. The Kier molecular flexibility index (Phi) is 5.37. The first-order valence-electron chi connectivity index (χ1n) is 9.47. The number of benzene rings is 2. The third kappa shape index (κ3) is 4.06. The van der Waals surface area contributed by atoms with E-state index >= 15 is 0 Å². The van der Waals surface area contributed by atoms with Gasteiger partial charge in [-0.3, -0.25) is 4.79 Å². The second kappa shape index (κ2) is 8.25. The number of amides is 1. The third-order valence-electron chi connectivity index (χ3n) is 5.12. The van der Waals surface area contributed by atoms with Crippen molar-refractivity contribution in [2.24, 2.45) is 0 Å². The van der Waals surface area contributed by atoms with Crippen molar-refractivity contribution < 1.29 is 13.7 Å². The van der Waals surface area contributed by atoms with Crippen molar-refractivity contribution in [3.05, 3.63) is 72.2 Å². The van der Waals surface area contributed by atoms with E-state index in [-0.39, 0.29) is 11.7 Å². The molecule has 28 heavy (non-hydrogen) atoms. The quantitative estimate of drug-likeness (QED) is 0.677. The van der Waals surface area contributed by atoms with Crippen molar-refractivity contribution in [1.82, 2.24) is 10.1 Å². The molecule has 1 fully saturated rings. The van der Waals surface area contributed by atoms with Crippen LogP contribution in [0.1, 0.15) is 12.0 Å². The lowest BCUT2D eigenvalue weighted by atomic mass is 10.0. The number of carbonyl (C=O) groups is 1. The van der Waals surface area contributed by atoms with Crippen LogP contribution < -0.4 is 4.90 Å². The normalized spacial score (nSPS) is 14.3. The summed E-state index contributed by atoms with van der Waals surface area (Å²) < 4.78 is 18.2. The SMILES string of the molecule is O=C(CCc1conc1-c1ccccc1)N1CCN(c2ccc(F)cc2)CC1. The molecule has 0 unspecified atom stereocenters. The van der Waals surface area contributed by atoms with Gasteiger partial charge >= 0.3 is 0 Å². The molecule has 0 atom stereocenters. The summed E-state index contributed by atoms with van der Waals surface area (Å²) in [7, 11) is 0. The fourth-order valence-corrected chi connectivity index (χ4v) is 3.53. The van der Waals surface area contributed by atoms with Crippen LogP contribution in [-0.2, 0) is 11.2 Å². The summed E-state index contributed by atoms with van der Waals surface area (Å²) in [4.78, 5) is 16.7. The van der Waals surface area contributed by atoms with E-state index < -0.39 is 0 Å². The molecule has 0 aliphatic carbocycles. The average molecular weight is 379 g/mol. The second-order valence-corrected chi connectivity index (χ2v) is 6.90. The van der Waals surface area contributed by atoms with Crippen LogP contribution in [-0.4, -0.2) is 42.1 Å². The van der Waals surface area contributed by atoms with Crippen molar-refractivity contribution in [3.63, 3.8) is 0 Å². The summed E-state index contributed by atoms with van der Waals surface area (Å²) in [6.07, 6.45) is 2.66. The molecule has 2 aromatic carbocycles. The molecule has 1 amide bonds. The molecule has 6 heteroatoms. The first-order chi connectivity index (χ1) is 13.7. The van der Waals surface area contributed by atoms with E-state index in [0.29, 0.717) is 25.9 Å². The molecule has 1 saturated heterocycles. The van der Waals surface area contributed by atoms with Gasteiger partial charge in [-0.1, -0.05) is 35.5 Å². The predicted octanol–water partition coefficient (Wildman–Crippen LogP) is 3.76. The highest BCUT2D eigenvalue weighted by atomic mass is 19.1. The van der Waals surface area contributed by atoms with Gasteiger partial charge in [-0.05, 0) is 30.7 Å². The average Bonchev–Trinajstić information content (AvgIpc) is 3.22. The summed E-state index contributed by atoms with van der Waals surface area (Å²) in [6.45, 7) is 2.84. The monoisotopic (exact) mass is 379 g/mol. The number of nitrogens with zero attached hydrogens (tertiary/aromatic N) is 3. The minimum Gasteiger partial charge on any atom is -0.368 e. The maximum atomic E-state index is 13.1. The molecule has 0 N–H and O–H groups in total. The lowest BCUT2D eigenvalue weighted by Crippen LogP contribution is -2.48. The Morgan fingerprint density at radius 1 is 1.00 bits per heavy atom. The van der Waals surface area contributed by atoms with Gasteiger partial charge in [0.15, 0.2) is 0 Å². The van der Waals surface area contributed by atoms with E-state index in [0.717, 1.165) is 35.6 Å². The van der Waals surface area contributed by atoms with Crippen molar-refractivity contribution in [1.29, 1.82) is 0 Å². The number of hydrogen-bond acceptors (Lipinski definition) is 4. The number of piperazine rings is 1. The predicted molar refractivity (Wildman–Crippen MR) is 105 cm³/mol. The zero-order valence-corrected chi connectivity index (χ0v) is 15.6. The van der Waals surface area contributed by atoms with Crippen LogP contribution in [0, 0.1) is 5.82 Å². The Balaban J connectivity index is 1.31. The highest BCUT2D eigenvalue weighted by molar-refractivity contribution is 5.77. The van der Waals surface area contributed by atoms with Gasteiger partial charge in [-0.2, -0.15) is 0 Å². The smallest absolute Gasteiger partial charge is 0.223 e. The van der Waals surface area contributed by atoms with E-state index in [9.17, 15) is 9.18 Å². The zero-order chi connectivity index (χ0) is 19.3. The number of carbonyl (C=O) groups excluding carboxylic acids is 1. The summed E-state index contributed by atoms with van der Waals surface area (Å²) in [5, 5.41) is 4.09. The van der Waals surface area contributed by atoms with Crippen molar-refractivity contribution in [2.75, 3.05) is 31.1 Å². The molecule has 4 rings (SSSR count). The zero-order valence-electron chi connectivity index (χ0n) is 15.6. The first kappa shape index (κ1) is 18.2. The van der Waals surface area contributed by atoms with Gasteiger partial charge in [0, 0.05) is 49.4 Å². The molecule has 5 nitrogen and oxygen atoms in total. The van der Waals surface area contributed by atoms with Crippen LogP contribution in [0.4, 0.5) is 10.1 Å². The number of rotatable bonds is 5. The fourth-order valence-electron chi connectivity index (χ4n) is 3.53. The van der Waals surface area contributed by atoms with Gasteiger partial charge in [-0.25, -0.2) is 4.39 Å². The Labute approximate surface area is 163 Å². The molecular weight excluding hydrogens is 357 g/mol. The van der Waals surface area contributed by atoms with Crippen LogP contribution in [0.3, 0.4) is 0 Å². The molecule has 0 saturated carbocycles. The summed E-state index contributed by atoms with van der Waals surface area (Å²) >= 11 is 0. The Morgan fingerprint density at radius 3 is 2.43 bits per heavy atom. The minimum absolute atomic E-state index is 0.138. The summed E-state index contributed by atoms with van der Waals surface area (Å²) in [6, 6.07) is 16.3. The largest absolute Gasteiger partial charge is 0.368 e. The van der Waals surface area contributed by atoms with Crippen LogP contribution >= 0.6 is 0 Å². The van der Waals surface area contributed by atoms with Gasteiger partial charge in [0.25, 0.3) is 0 Å². The molecule has 144 valence electrons. The Hall–Kier alpha value is -3.15. The van der Waals surface area contributed by atoms with Gasteiger partial charge in [-0.15, -0.1) is 0 Å². The second-order valence-electron chi connectivity index (χ2n) is 6.90. The first-order valence-corrected chi connectivity index (χ1v) is 9.47. The standard InChI is InChI=1S/C22H22FN3O2/c23-19-7-9-20(10-8-19)25-12-14-26(15-13-25)21(27)11-6-18-16-28-24-22(18)17-4-2-1-3-5-17/h1-5,7-10,16H,6,11-15H2. The van der Waals surface area contributed by atoms with E-state index in [4.69, 9.17) is 4.52 Å². The summed E-state index contributed by atoms with van der Waals surface area (Å²) in [5.74, 6) is -0.0971. The molecule has 0 spiro atoms. The van der Waals surface area contributed by atoms with Crippen molar-refractivity contribution in [3.8, 4) is 11.3 Å². The molecule has 1 aromatic heterocycles. The highest BCUT2D eigenvalue weighted by Crippen LogP contribution is 2.23. The Bertz CT molecular complexity index is 916. The van der Waals surface area contributed by atoms with Crippen LogP contribution in [0.15, 0.2) is 65.4 Å². The van der Waals surface area contributed by atoms with E-state index in [2.05, 4.69) is 10.1 Å². The van der Waals surface area contributed by atoms with Gasteiger partial charge < -0.3 is 14.3 Å². The Morgan fingerprint density at radius 2 is 1.71 bits per heavy atom. The van der Waals surface area contributed by atoms with Crippen molar-refractivity contribution >= 4 is 11.6 Å².